The van der Waals surface area contributed by atoms with Gasteiger partial charge in [-0.2, -0.15) is 0 Å². The standard InChI is InChI=1S/C17H15N5OS/c1-2-9-18-17(24)22-15-8-7-13-16(21-15)20-14(10-19-13)11-3-5-12(23)6-4-11/h1,3-8,10,14,23H,9H2,(H3,18,20,21,22,24). The molecule has 1 aromatic carbocycles. The monoisotopic (exact) mass is 337 g/mol. The first-order chi connectivity index (χ1) is 11.7. The van der Waals surface area contributed by atoms with Crippen LogP contribution in [0.1, 0.15) is 11.6 Å². The molecule has 24 heavy (non-hydrogen) atoms. The van der Waals surface area contributed by atoms with E-state index >= 15 is 0 Å². The molecule has 1 atom stereocenters. The maximum atomic E-state index is 9.39. The number of hydrogen-bond donors (Lipinski definition) is 4. The summed E-state index contributed by atoms with van der Waals surface area (Å²) in [4.78, 5) is 8.92. The van der Waals surface area contributed by atoms with Crippen molar-refractivity contribution in [3.05, 3.63) is 42.0 Å². The van der Waals surface area contributed by atoms with Gasteiger partial charge in [0, 0.05) is 6.21 Å². The third-order valence-electron chi connectivity index (χ3n) is 3.37. The molecule has 0 fully saturated rings. The van der Waals surface area contributed by atoms with E-state index in [0.29, 0.717) is 23.3 Å². The number of phenolic OH excluding ortho intramolecular Hbond substituents is 1. The summed E-state index contributed by atoms with van der Waals surface area (Å²) in [7, 11) is 0. The van der Waals surface area contributed by atoms with Crippen LogP contribution in [0.25, 0.3) is 0 Å². The van der Waals surface area contributed by atoms with Crippen molar-refractivity contribution >= 4 is 40.9 Å². The summed E-state index contributed by atoms with van der Waals surface area (Å²) in [5, 5.41) is 19.0. The predicted molar refractivity (Wildman–Crippen MR) is 99.9 cm³/mol. The number of phenols is 1. The molecule has 2 heterocycles. The Bertz CT molecular complexity index is 826. The average Bonchev–Trinajstić information content (AvgIpc) is 2.60. The lowest BCUT2D eigenvalue weighted by Crippen LogP contribution is -2.29. The van der Waals surface area contributed by atoms with Gasteiger partial charge in [0.1, 0.15) is 17.3 Å². The third kappa shape index (κ3) is 3.62. The van der Waals surface area contributed by atoms with Gasteiger partial charge in [-0.25, -0.2) is 4.98 Å². The molecule has 1 unspecified atom stereocenters. The fourth-order valence-electron chi connectivity index (χ4n) is 2.21. The second-order valence-corrected chi connectivity index (χ2v) is 5.48. The van der Waals surface area contributed by atoms with Crippen molar-refractivity contribution in [1.82, 2.24) is 10.3 Å². The van der Waals surface area contributed by atoms with Crippen LogP contribution in [0.4, 0.5) is 17.3 Å². The molecule has 1 aliphatic rings. The van der Waals surface area contributed by atoms with Gasteiger partial charge in [-0.1, -0.05) is 18.1 Å². The van der Waals surface area contributed by atoms with E-state index in [9.17, 15) is 5.11 Å². The average molecular weight is 337 g/mol. The third-order valence-corrected chi connectivity index (χ3v) is 3.62. The van der Waals surface area contributed by atoms with Crippen molar-refractivity contribution in [3.8, 4) is 18.1 Å². The lowest BCUT2D eigenvalue weighted by atomic mass is 10.1. The van der Waals surface area contributed by atoms with Crippen LogP contribution in [-0.2, 0) is 0 Å². The van der Waals surface area contributed by atoms with Crippen molar-refractivity contribution in [1.29, 1.82) is 0 Å². The molecule has 0 amide bonds. The second kappa shape index (κ2) is 6.98. The summed E-state index contributed by atoms with van der Waals surface area (Å²) in [5.41, 5.74) is 1.73. The molecule has 1 aromatic heterocycles. The topological polar surface area (TPSA) is 81.6 Å². The van der Waals surface area contributed by atoms with Crippen LogP contribution < -0.4 is 16.0 Å². The zero-order valence-corrected chi connectivity index (χ0v) is 13.5. The highest BCUT2D eigenvalue weighted by atomic mass is 32.1. The lowest BCUT2D eigenvalue weighted by molar-refractivity contribution is 0.475. The Morgan fingerprint density at radius 2 is 2.08 bits per heavy atom. The number of nitrogens with one attached hydrogen (secondary N) is 3. The van der Waals surface area contributed by atoms with Gasteiger partial charge >= 0.3 is 0 Å². The number of pyridine rings is 1. The molecule has 4 N–H and O–H groups in total. The fourth-order valence-corrected chi connectivity index (χ4v) is 2.39. The molecule has 1 aliphatic heterocycles. The van der Waals surface area contributed by atoms with E-state index in [1.54, 1.807) is 18.2 Å². The minimum absolute atomic E-state index is 0.118. The summed E-state index contributed by atoms with van der Waals surface area (Å²) in [6, 6.07) is 10.5. The van der Waals surface area contributed by atoms with E-state index in [0.717, 1.165) is 11.3 Å². The Balaban J connectivity index is 1.75. The van der Waals surface area contributed by atoms with Crippen molar-refractivity contribution < 1.29 is 5.11 Å². The van der Waals surface area contributed by atoms with E-state index < -0.39 is 0 Å². The summed E-state index contributed by atoms with van der Waals surface area (Å²) in [6.07, 6.45) is 6.99. The molecule has 2 aromatic rings. The van der Waals surface area contributed by atoms with Gasteiger partial charge in [-0.15, -0.1) is 6.42 Å². The Morgan fingerprint density at radius 3 is 2.83 bits per heavy atom. The molecule has 0 radical (unpaired) electrons. The molecule has 0 saturated heterocycles. The Labute approximate surface area is 145 Å². The number of aromatic hydroxyl groups is 1. The number of hydrogen-bond acceptors (Lipinski definition) is 5. The van der Waals surface area contributed by atoms with Crippen LogP contribution in [0.3, 0.4) is 0 Å². The van der Waals surface area contributed by atoms with Crippen LogP contribution in [-0.4, -0.2) is 28.0 Å². The number of fused-ring (bicyclic) bond motifs is 1. The molecule has 0 bridgehead atoms. The van der Waals surface area contributed by atoms with E-state index in [1.807, 2.05) is 24.4 Å². The van der Waals surface area contributed by atoms with Gasteiger partial charge in [0.05, 0.1) is 12.6 Å². The largest absolute Gasteiger partial charge is 0.508 e. The number of rotatable bonds is 3. The Hall–Kier alpha value is -3.11. The van der Waals surface area contributed by atoms with Crippen LogP contribution in [0, 0.1) is 12.3 Å². The number of aromatic nitrogens is 1. The van der Waals surface area contributed by atoms with Crippen molar-refractivity contribution in [2.75, 3.05) is 17.2 Å². The van der Waals surface area contributed by atoms with Gasteiger partial charge in [0.15, 0.2) is 10.9 Å². The molecular weight excluding hydrogens is 322 g/mol. The van der Waals surface area contributed by atoms with Crippen LogP contribution >= 0.6 is 12.2 Å². The Morgan fingerprint density at radius 1 is 1.29 bits per heavy atom. The molecule has 0 spiro atoms. The Kier molecular flexibility index (Phi) is 4.59. The number of terminal acetylenes is 1. The highest BCUT2D eigenvalue weighted by Gasteiger charge is 2.17. The smallest absolute Gasteiger partial charge is 0.172 e. The minimum atomic E-state index is -0.118. The van der Waals surface area contributed by atoms with E-state index in [-0.39, 0.29) is 11.8 Å². The van der Waals surface area contributed by atoms with Gasteiger partial charge < -0.3 is 21.1 Å². The molecular formula is C17H15N5OS. The van der Waals surface area contributed by atoms with Gasteiger partial charge in [-0.3, -0.25) is 4.99 Å². The first kappa shape index (κ1) is 15.8. The van der Waals surface area contributed by atoms with E-state index in [4.69, 9.17) is 18.6 Å². The lowest BCUT2D eigenvalue weighted by Gasteiger charge is -2.21. The molecule has 0 saturated carbocycles. The first-order valence-electron chi connectivity index (χ1n) is 7.25. The maximum absolute atomic E-state index is 9.39. The fraction of sp³-hybridized carbons (Fsp3) is 0.118. The van der Waals surface area contributed by atoms with Crippen LogP contribution in [0.5, 0.6) is 5.75 Å². The molecule has 120 valence electrons. The van der Waals surface area contributed by atoms with Crippen molar-refractivity contribution in [2.45, 2.75) is 6.04 Å². The number of anilines is 2. The SMILES string of the molecule is C#CCNC(=S)Nc1ccc2c(n1)NC(c1ccc(O)cc1)C=N2. The number of benzene rings is 1. The molecule has 6 nitrogen and oxygen atoms in total. The van der Waals surface area contributed by atoms with Crippen molar-refractivity contribution in [2.24, 2.45) is 4.99 Å². The van der Waals surface area contributed by atoms with Gasteiger partial charge in [-0.05, 0) is 42.0 Å². The molecule has 0 aliphatic carbocycles. The highest BCUT2D eigenvalue weighted by Crippen LogP contribution is 2.32. The van der Waals surface area contributed by atoms with Crippen LogP contribution in [0.2, 0.25) is 0 Å². The van der Waals surface area contributed by atoms with Crippen molar-refractivity contribution in [3.63, 3.8) is 0 Å². The zero-order valence-electron chi connectivity index (χ0n) is 12.7. The summed E-state index contributed by atoms with van der Waals surface area (Å²) in [5.74, 6) is 3.93. The second-order valence-electron chi connectivity index (χ2n) is 5.07. The number of nitrogens with zero attached hydrogens (tertiary/aromatic N) is 2. The van der Waals surface area contributed by atoms with Gasteiger partial charge in [0.2, 0.25) is 0 Å². The first-order valence-corrected chi connectivity index (χ1v) is 7.65. The zero-order chi connectivity index (χ0) is 16.9. The minimum Gasteiger partial charge on any atom is -0.508 e. The summed E-state index contributed by atoms with van der Waals surface area (Å²) < 4.78 is 0. The van der Waals surface area contributed by atoms with E-state index in [1.165, 1.54) is 0 Å². The normalized spacial score (nSPS) is 14.9. The van der Waals surface area contributed by atoms with E-state index in [2.05, 4.69) is 31.8 Å². The van der Waals surface area contributed by atoms with Crippen LogP contribution in [0.15, 0.2) is 41.4 Å². The number of aliphatic imine (C=N–C) groups is 1. The summed E-state index contributed by atoms with van der Waals surface area (Å²) in [6.45, 7) is 0.349. The highest BCUT2D eigenvalue weighted by molar-refractivity contribution is 7.80. The summed E-state index contributed by atoms with van der Waals surface area (Å²) >= 11 is 5.14. The maximum Gasteiger partial charge on any atom is 0.172 e. The molecule has 7 heteroatoms. The molecule has 3 rings (SSSR count). The predicted octanol–water partition coefficient (Wildman–Crippen LogP) is 2.58. The quantitative estimate of drug-likeness (QED) is 0.509. The number of thiocarbonyl (C=S) groups is 1. The van der Waals surface area contributed by atoms with Gasteiger partial charge in [0.25, 0.3) is 0 Å².